The van der Waals surface area contributed by atoms with Crippen molar-refractivity contribution in [1.29, 1.82) is 0 Å². The van der Waals surface area contributed by atoms with Crippen molar-refractivity contribution in [3.63, 3.8) is 0 Å². The highest BCUT2D eigenvalue weighted by Crippen LogP contribution is 2.26. The number of ether oxygens (including phenoxy) is 1. The van der Waals surface area contributed by atoms with Crippen LogP contribution >= 0.6 is 11.6 Å². The van der Waals surface area contributed by atoms with Crippen LogP contribution < -0.4 is 10.1 Å². The van der Waals surface area contributed by atoms with Crippen LogP contribution in [-0.4, -0.2) is 13.2 Å². The number of halogens is 2. The molecule has 2 rings (SSSR count). The van der Waals surface area contributed by atoms with Gasteiger partial charge in [-0.3, -0.25) is 0 Å². The first-order valence-electron chi connectivity index (χ1n) is 6.02. The Labute approximate surface area is 116 Å². The molecule has 1 N–H and O–H groups in total. The van der Waals surface area contributed by atoms with Gasteiger partial charge in [0.25, 0.3) is 0 Å². The number of hydrogen-bond acceptors (Lipinski definition) is 3. The van der Waals surface area contributed by atoms with Gasteiger partial charge in [-0.2, -0.15) is 0 Å². The van der Waals surface area contributed by atoms with Crippen LogP contribution in [0.4, 0.5) is 4.39 Å². The Hall–Kier alpha value is -1.52. The summed E-state index contributed by atoms with van der Waals surface area (Å²) in [5.74, 6) is 0.493. The zero-order valence-corrected chi connectivity index (χ0v) is 11.3. The van der Waals surface area contributed by atoms with Crippen molar-refractivity contribution in [2.24, 2.45) is 0 Å². The van der Waals surface area contributed by atoms with E-state index >= 15 is 0 Å². The Balaban J connectivity index is 1.78. The maximum absolute atomic E-state index is 13.4. The summed E-state index contributed by atoms with van der Waals surface area (Å²) in [6.45, 7) is 2.87. The van der Waals surface area contributed by atoms with E-state index in [9.17, 15) is 4.39 Å². The molecule has 0 amide bonds. The Kier molecular flexibility index (Phi) is 4.82. The number of rotatable bonds is 6. The van der Waals surface area contributed by atoms with Crippen LogP contribution in [-0.2, 0) is 0 Å². The average molecular weight is 284 g/mol. The molecule has 0 spiro atoms. The number of benzene rings is 1. The average Bonchev–Trinajstić information content (AvgIpc) is 2.91. The lowest BCUT2D eigenvalue weighted by Gasteiger charge is -2.13. The molecule has 5 heteroatoms. The van der Waals surface area contributed by atoms with Gasteiger partial charge in [0.15, 0.2) is 11.6 Å². The molecule has 102 valence electrons. The molecule has 1 aromatic heterocycles. The van der Waals surface area contributed by atoms with Crippen molar-refractivity contribution in [1.82, 2.24) is 5.32 Å². The van der Waals surface area contributed by atoms with E-state index in [1.165, 1.54) is 6.07 Å². The second-order valence-corrected chi connectivity index (χ2v) is 4.50. The molecule has 0 aliphatic carbocycles. The molecule has 0 fully saturated rings. The predicted octanol–water partition coefficient (Wildman–Crippen LogP) is 3.80. The third-order valence-electron chi connectivity index (χ3n) is 2.69. The van der Waals surface area contributed by atoms with Crippen LogP contribution in [0.2, 0.25) is 5.02 Å². The molecule has 0 saturated heterocycles. The van der Waals surface area contributed by atoms with Crippen LogP contribution in [0.5, 0.6) is 5.75 Å². The third-order valence-corrected chi connectivity index (χ3v) is 2.99. The first kappa shape index (κ1) is 13.9. The van der Waals surface area contributed by atoms with E-state index < -0.39 is 5.82 Å². The molecule has 1 unspecified atom stereocenters. The van der Waals surface area contributed by atoms with Crippen molar-refractivity contribution >= 4 is 11.6 Å². The van der Waals surface area contributed by atoms with Crippen LogP contribution in [0.15, 0.2) is 41.0 Å². The van der Waals surface area contributed by atoms with Gasteiger partial charge < -0.3 is 14.5 Å². The minimum absolute atomic E-state index is 0.0784. The van der Waals surface area contributed by atoms with Gasteiger partial charge in [-0.05, 0) is 31.2 Å². The van der Waals surface area contributed by atoms with Gasteiger partial charge >= 0.3 is 0 Å². The molecule has 1 aromatic carbocycles. The summed E-state index contributed by atoms with van der Waals surface area (Å²) in [6.07, 6.45) is 1.63. The first-order chi connectivity index (χ1) is 9.18. The lowest BCUT2D eigenvalue weighted by molar-refractivity contribution is 0.289. The Bertz CT molecular complexity index is 496. The topological polar surface area (TPSA) is 34.4 Å². The smallest absolute Gasteiger partial charge is 0.173 e. The predicted molar refractivity (Wildman–Crippen MR) is 72.0 cm³/mol. The summed E-state index contributed by atoms with van der Waals surface area (Å²) in [4.78, 5) is 0. The highest BCUT2D eigenvalue weighted by Gasteiger charge is 2.09. The third kappa shape index (κ3) is 3.72. The van der Waals surface area contributed by atoms with Crippen molar-refractivity contribution in [2.75, 3.05) is 13.2 Å². The molecule has 0 bridgehead atoms. The Morgan fingerprint density at radius 3 is 2.89 bits per heavy atom. The molecular formula is C14H15ClFNO2. The minimum atomic E-state index is -0.452. The molecule has 0 aliphatic rings. The van der Waals surface area contributed by atoms with E-state index in [-0.39, 0.29) is 16.8 Å². The first-order valence-corrected chi connectivity index (χ1v) is 6.40. The van der Waals surface area contributed by atoms with Gasteiger partial charge in [-0.15, -0.1) is 0 Å². The lowest BCUT2D eigenvalue weighted by Crippen LogP contribution is -2.24. The van der Waals surface area contributed by atoms with Gasteiger partial charge in [0.2, 0.25) is 0 Å². The molecule has 19 heavy (non-hydrogen) atoms. The fourth-order valence-electron chi connectivity index (χ4n) is 1.69. The van der Waals surface area contributed by atoms with E-state index in [0.717, 1.165) is 5.76 Å². The lowest BCUT2D eigenvalue weighted by atomic mass is 10.2. The summed E-state index contributed by atoms with van der Waals surface area (Å²) in [6, 6.07) is 8.27. The normalized spacial score (nSPS) is 12.4. The summed E-state index contributed by atoms with van der Waals surface area (Å²) in [5, 5.41) is 3.49. The van der Waals surface area contributed by atoms with E-state index in [1.54, 1.807) is 18.4 Å². The van der Waals surface area contributed by atoms with Gasteiger partial charge in [0, 0.05) is 6.54 Å². The van der Waals surface area contributed by atoms with Crippen molar-refractivity contribution < 1.29 is 13.5 Å². The van der Waals surface area contributed by atoms with E-state index in [2.05, 4.69) is 5.32 Å². The SMILES string of the molecule is CC(NCCOc1c(F)cccc1Cl)c1ccco1. The fourth-order valence-corrected chi connectivity index (χ4v) is 1.90. The zero-order chi connectivity index (χ0) is 13.7. The quantitative estimate of drug-likeness (QED) is 0.819. The van der Waals surface area contributed by atoms with Crippen LogP contribution in [0.3, 0.4) is 0 Å². The van der Waals surface area contributed by atoms with Gasteiger partial charge in [-0.1, -0.05) is 17.7 Å². The number of para-hydroxylation sites is 1. The van der Waals surface area contributed by atoms with Gasteiger partial charge in [0.05, 0.1) is 17.3 Å². The maximum atomic E-state index is 13.4. The monoisotopic (exact) mass is 283 g/mol. The molecular weight excluding hydrogens is 269 g/mol. The maximum Gasteiger partial charge on any atom is 0.173 e. The number of furan rings is 1. The van der Waals surface area contributed by atoms with Crippen LogP contribution in [0.25, 0.3) is 0 Å². The van der Waals surface area contributed by atoms with Crippen molar-refractivity contribution in [3.8, 4) is 5.75 Å². The highest BCUT2D eigenvalue weighted by molar-refractivity contribution is 6.32. The molecule has 1 atom stereocenters. The largest absolute Gasteiger partial charge is 0.488 e. The molecule has 0 aliphatic heterocycles. The second-order valence-electron chi connectivity index (χ2n) is 4.09. The summed E-state index contributed by atoms with van der Waals surface area (Å²) in [5.41, 5.74) is 0. The van der Waals surface area contributed by atoms with Gasteiger partial charge in [0.1, 0.15) is 12.4 Å². The molecule has 0 saturated carbocycles. The number of nitrogens with one attached hydrogen (secondary N) is 1. The molecule has 3 nitrogen and oxygen atoms in total. The summed E-state index contributed by atoms with van der Waals surface area (Å²) >= 11 is 5.85. The molecule has 1 heterocycles. The van der Waals surface area contributed by atoms with Crippen molar-refractivity contribution in [2.45, 2.75) is 13.0 Å². The van der Waals surface area contributed by atoms with Gasteiger partial charge in [-0.25, -0.2) is 4.39 Å². The van der Waals surface area contributed by atoms with E-state index in [1.807, 2.05) is 19.1 Å². The summed E-state index contributed by atoms with van der Waals surface area (Å²) < 4.78 is 24.0. The Morgan fingerprint density at radius 2 is 2.21 bits per heavy atom. The van der Waals surface area contributed by atoms with E-state index in [4.69, 9.17) is 20.8 Å². The van der Waals surface area contributed by atoms with Crippen LogP contribution in [0.1, 0.15) is 18.7 Å². The zero-order valence-electron chi connectivity index (χ0n) is 10.5. The fraction of sp³-hybridized carbons (Fsp3) is 0.286. The van der Waals surface area contributed by atoms with Crippen molar-refractivity contribution in [3.05, 3.63) is 53.2 Å². The standard InChI is InChI=1S/C14H15ClFNO2/c1-10(13-6-3-8-18-13)17-7-9-19-14-11(15)4-2-5-12(14)16/h2-6,8,10,17H,7,9H2,1H3. The highest BCUT2D eigenvalue weighted by atomic mass is 35.5. The Morgan fingerprint density at radius 1 is 1.37 bits per heavy atom. The molecule has 0 radical (unpaired) electrons. The molecule has 2 aromatic rings. The minimum Gasteiger partial charge on any atom is -0.488 e. The second kappa shape index (κ2) is 6.59. The summed E-state index contributed by atoms with van der Waals surface area (Å²) in [7, 11) is 0. The number of hydrogen-bond donors (Lipinski definition) is 1. The van der Waals surface area contributed by atoms with E-state index in [0.29, 0.717) is 13.2 Å². The van der Waals surface area contributed by atoms with Crippen LogP contribution in [0, 0.1) is 5.82 Å².